The lowest BCUT2D eigenvalue weighted by Crippen LogP contribution is -2.54. The molecule has 1 aromatic rings. The second-order valence-corrected chi connectivity index (χ2v) is 8.95. The van der Waals surface area contributed by atoms with Crippen LogP contribution in [0.2, 0.25) is 0 Å². The van der Waals surface area contributed by atoms with E-state index in [1.807, 2.05) is 24.4 Å². The molecule has 1 aromatic heterocycles. The Morgan fingerprint density at radius 2 is 2.21 bits per heavy atom. The molecule has 3 aliphatic heterocycles. The molecule has 7 nitrogen and oxygen atoms in total. The summed E-state index contributed by atoms with van der Waals surface area (Å²) in [7, 11) is 0. The minimum absolute atomic E-state index is 0.000929. The summed E-state index contributed by atoms with van der Waals surface area (Å²) in [4.78, 5) is 44.3. The van der Waals surface area contributed by atoms with Crippen molar-refractivity contribution in [2.24, 2.45) is 5.92 Å². The molecular weight excluding hydrogens is 376 g/mol. The third-order valence-corrected chi connectivity index (χ3v) is 6.97. The van der Waals surface area contributed by atoms with Gasteiger partial charge in [0.15, 0.2) is 0 Å². The molecule has 0 spiro atoms. The Hall–Kier alpha value is -2.40. The van der Waals surface area contributed by atoms with Crippen molar-refractivity contribution in [3.63, 3.8) is 0 Å². The van der Waals surface area contributed by atoms with Gasteiger partial charge in [-0.15, -0.1) is 11.3 Å². The Bertz CT molecular complexity index is 818. The van der Waals surface area contributed by atoms with Gasteiger partial charge in [-0.2, -0.15) is 5.26 Å². The van der Waals surface area contributed by atoms with Crippen LogP contribution in [0.3, 0.4) is 0 Å². The molecule has 3 fully saturated rings. The van der Waals surface area contributed by atoms with Gasteiger partial charge in [0.2, 0.25) is 17.7 Å². The zero-order chi connectivity index (χ0) is 19.8. The minimum atomic E-state index is -0.390. The average molecular weight is 401 g/mol. The van der Waals surface area contributed by atoms with E-state index in [1.54, 1.807) is 26.0 Å². The third-order valence-electron chi connectivity index (χ3n) is 6.09. The van der Waals surface area contributed by atoms with Crippen LogP contribution in [-0.2, 0) is 20.8 Å². The lowest BCUT2D eigenvalue weighted by molar-refractivity contribution is -0.147. The van der Waals surface area contributed by atoms with Gasteiger partial charge in [0.05, 0.1) is 24.4 Å². The molecule has 0 N–H and O–H groups in total. The number of nitriles is 1. The first kappa shape index (κ1) is 18.9. The number of piperazine rings is 1. The SMILES string of the molecule is C[C@@H](CN1C(=O)[C@@H]2C[C@H]1CN2C(=O)Cc1cccs1)C(=O)N1CCC[C@H]1C#N. The maximum absolute atomic E-state index is 12.8. The van der Waals surface area contributed by atoms with Gasteiger partial charge in [0.1, 0.15) is 12.1 Å². The first-order chi connectivity index (χ1) is 13.5. The van der Waals surface area contributed by atoms with E-state index in [0.717, 1.165) is 17.7 Å². The number of thiophene rings is 1. The van der Waals surface area contributed by atoms with Gasteiger partial charge >= 0.3 is 0 Å². The van der Waals surface area contributed by atoms with Gasteiger partial charge in [-0.1, -0.05) is 13.0 Å². The van der Waals surface area contributed by atoms with Crippen LogP contribution in [0.4, 0.5) is 0 Å². The molecule has 4 heterocycles. The number of nitrogens with zero attached hydrogens (tertiary/aromatic N) is 4. The van der Waals surface area contributed by atoms with Crippen molar-refractivity contribution < 1.29 is 14.4 Å². The fraction of sp³-hybridized carbons (Fsp3) is 0.600. The summed E-state index contributed by atoms with van der Waals surface area (Å²) in [6, 6.07) is 5.31. The molecule has 148 valence electrons. The number of likely N-dealkylation sites (tertiary alicyclic amines) is 3. The number of carbonyl (C=O) groups is 3. The zero-order valence-electron chi connectivity index (χ0n) is 15.9. The number of hydrogen-bond acceptors (Lipinski definition) is 5. The van der Waals surface area contributed by atoms with E-state index < -0.39 is 6.04 Å². The molecule has 0 aromatic carbocycles. The first-order valence-electron chi connectivity index (χ1n) is 9.82. The molecular formula is C20H24N4O3S. The smallest absolute Gasteiger partial charge is 0.245 e. The van der Waals surface area contributed by atoms with Crippen molar-refractivity contribution in [2.45, 2.75) is 50.7 Å². The molecule has 0 aliphatic carbocycles. The second-order valence-electron chi connectivity index (χ2n) is 7.92. The topological polar surface area (TPSA) is 84.7 Å². The quantitative estimate of drug-likeness (QED) is 0.745. The summed E-state index contributed by atoms with van der Waals surface area (Å²) in [5, 5.41) is 11.2. The molecule has 3 aliphatic rings. The Morgan fingerprint density at radius 3 is 2.89 bits per heavy atom. The second kappa shape index (κ2) is 7.55. The Labute approximate surface area is 168 Å². The number of hydrogen-bond donors (Lipinski definition) is 0. The summed E-state index contributed by atoms with van der Waals surface area (Å²) in [5.74, 6) is -0.438. The Morgan fingerprint density at radius 1 is 1.39 bits per heavy atom. The molecule has 2 bridgehead atoms. The highest BCUT2D eigenvalue weighted by Gasteiger charge is 2.51. The van der Waals surface area contributed by atoms with Crippen molar-refractivity contribution in [2.75, 3.05) is 19.6 Å². The van der Waals surface area contributed by atoms with Crippen LogP contribution in [0.15, 0.2) is 17.5 Å². The third kappa shape index (κ3) is 3.28. The van der Waals surface area contributed by atoms with E-state index in [4.69, 9.17) is 0 Å². The highest BCUT2D eigenvalue weighted by Crippen LogP contribution is 2.33. The number of rotatable bonds is 5. The van der Waals surface area contributed by atoms with Gasteiger partial charge in [-0.25, -0.2) is 0 Å². The van der Waals surface area contributed by atoms with Crippen LogP contribution in [0, 0.1) is 17.2 Å². The van der Waals surface area contributed by atoms with Crippen molar-refractivity contribution in [3.8, 4) is 6.07 Å². The van der Waals surface area contributed by atoms with E-state index >= 15 is 0 Å². The predicted octanol–water partition coefficient (Wildman–Crippen LogP) is 1.25. The summed E-state index contributed by atoms with van der Waals surface area (Å²) in [6.07, 6.45) is 2.57. The number of amides is 3. The molecule has 0 unspecified atom stereocenters. The molecule has 4 rings (SSSR count). The Kier molecular flexibility index (Phi) is 5.11. The molecule has 3 amide bonds. The monoisotopic (exact) mass is 400 g/mol. The van der Waals surface area contributed by atoms with Crippen molar-refractivity contribution in [3.05, 3.63) is 22.4 Å². The highest BCUT2D eigenvalue weighted by atomic mass is 32.1. The highest BCUT2D eigenvalue weighted by molar-refractivity contribution is 7.10. The molecule has 8 heteroatoms. The van der Waals surface area contributed by atoms with E-state index in [1.165, 1.54) is 0 Å². The van der Waals surface area contributed by atoms with E-state index in [2.05, 4.69) is 6.07 Å². The lowest BCUT2D eigenvalue weighted by Gasteiger charge is -2.35. The van der Waals surface area contributed by atoms with Gasteiger partial charge in [-0.3, -0.25) is 14.4 Å². The van der Waals surface area contributed by atoms with Gasteiger partial charge in [0, 0.05) is 24.5 Å². The van der Waals surface area contributed by atoms with E-state index in [0.29, 0.717) is 32.5 Å². The largest absolute Gasteiger partial charge is 0.335 e. The summed E-state index contributed by atoms with van der Waals surface area (Å²) >= 11 is 1.55. The molecule has 0 saturated carbocycles. The van der Waals surface area contributed by atoms with Crippen LogP contribution in [0.25, 0.3) is 0 Å². The van der Waals surface area contributed by atoms with Crippen LogP contribution < -0.4 is 0 Å². The van der Waals surface area contributed by atoms with E-state index in [-0.39, 0.29) is 35.7 Å². The maximum Gasteiger partial charge on any atom is 0.245 e. The van der Waals surface area contributed by atoms with Gasteiger partial charge in [0.25, 0.3) is 0 Å². The molecule has 28 heavy (non-hydrogen) atoms. The van der Waals surface area contributed by atoms with E-state index in [9.17, 15) is 19.6 Å². The van der Waals surface area contributed by atoms with Crippen LogP contribution >= 0.6 is 11.3 Å². The summed E-state index contributed by atoms with van der Waals surface area (Å²) in [6.45, 7) is 3.35. The summed E-state index contributed by atoms with van der Waals surface area (Å²) in [5.41, 5.74) is 0. The lowest BCUT2D eigenvalue weighted by atomic mass is 10.1. The fourth-order valence-corrected chi connectivity index (χ4v) is 5.34. The summed E-state index contributed by atoms with van der Waals surface area (Å²) < 4.78 is 0. The van der Waals surface area contributed by atoms with Crippen molar-refractivity contribution in [1.82, 2.24) is 14.7 Å². The predicted molar refractivity (Wildman–Crippen MR) is 103 cm³/mol. The van der Waals surface area contributed by atoms with Crippen LogP contribution in [0.1, 0.15) is 31.1 Å². The van der Waals surface area contributed by atoms with Gasteiger partial charge < -0.3 is 14.7 Å². The standard InChI is InChI=1S/C20H24N4O3S/c1-13(19(26)22-6-2-4-14(22)10-21)11-23-15-8-17(20(23)27)24(12-15)18(25)9-16-5-3-7-28-16/h3,5,7,13-15,17H,2,4,6,8-9,11-12H2,1H3/t13-,14-,15-,17-/m0/s1. The van der Waals surface area contributed by atoms with Crippen molar-refractivity contribution >= 4 is 29.1 Å². The van der Waals surface area contributed by atoms with Gasteiger partial charge in [-0.05, 0) is 30.7 Å². The minimum Gasteiger partial charge on any atom is -0.335 e. The number of carbonyl (C=O) groups excluding carboxylic acids is 3. The zero-order valence-corrected chi connectivity index (χ0v) is 16.7. The normalized spacial score (nSPS) is 27.4. The molecule has 3 saturated heterocycles. The van der Waals surface area contributed by atoms with Crippen LogP contribution in [0.5, 0.6) is 0 Å². The number of fused-ring (bicyclic) bond motifs is 2. The van der Waals surface area contributed by atoms with Crippen molar-refractivity contribution in [1.29, 1.82) is 5.26 Å². The fourth-order valence-electron chi connectivity index (χ4n) is 4.64. The first-order valence-corrected chi connectivity index (χ1v) is 10.7. The molecule has 0 radical (unpaired) electrons. The average Bonchev–Trinajstić information content (AvgIpc) is 3.46. The molecule has 4 atom stereocenters. The van der Waals surface area contributed by atoms with Crippen LogP contribution in [-0.4, -0.2) is 70.2 Å². The maximum atomic E-state index is 12.8. The Balaban J connectivity index is 1.36.